The molecule has 0 radical (unpaired) electrons. The van der Waals surface area contributed by atoms with Crippen molar-refractivity contribution >= 4 is 5.52 Å². The molecule has 2 aromatic heterocycles. The quantitative estimate of drug-likeness (QED) is 0.780. The lowest BCUT2D eigenvalue weighted by atomic mass is 10.1. The Kier molecular flexibility index (Phi) is 2.93. The summed E-state index contributed by atoms with van der Waals surface area (Å²) in [6.07, 6.45) is 1.84. The minimum Gasteiger partial charge on any atom is -0.497 e. The summed E-state index contributed by atoms with van der Waals surface area (Å²) in [5.74, 6) is 1.69. The molecule has 2 heterocycles. The number of rotatable bonds is 3. The number of methoxy groups -OCH3 is 1. The Labute approximate surface area is 111 Å². The van der Waals surface area contributed by atoms with E-state index in [1.165, 1.54) is 0 Å². The van der Waals surface area contributed by atoms with Gasteiger partial charge in [0.1, 0.15) is 11.6 Å². The Morgan fingerprint density at radius 2 is 2.05 bits per heavy atom. The Morgan fingerprint density at radius 3 is 2.84 bits per heavy atom. The number of hydrogen-bond acceptors (Lipinski definition) is 3. The lowest BCUT2D eigenvalue weighted by Gasteiger charge is -2.09. The number of nitrogens with two attached hydrogens (primary N) is 1. The van der Waals surface area contributed by atoms with E-state index in [4.69, 9.17) is 10.5 Å². The summed E-state index contributed by atoms with van der Waals surface area (Å²) < 4.78 is 7.36. The van der Waals surface area contributed by atoms with Gasteiger partial charge in [-0.1, -0.05) is 18.2 Å². The van der Waals surface area contributed by atoms with Crippen molar-refractivity contribution in [2.45, 2.75) is 6.54 Å². The summed E-state index contributed by atoms with van der Waals surface area (Å²) in [5, 5.41) is 0. The standard InChI is InChI=1S/C15H15N3O/c1-19-13-6-2-4-11(8-13)14-7-3-5-12-10-17-15(9-16)18(12)14/h2-8,10H,9,16H2,1H3. The fourth-order valence-corrected chi connectivity index (χ4v) is 2.26. The number of hydrogen-bond donors (Lipinski definition) is 1. The summed E-state index contributed by atoms with van der Waals surface area (Å²) in [7, 11) is 1.67. The number of benzene rings is 1. The molecule has 19 heavy (non-hydrogen) atoms. The molecule has 2 N–H and O–H groups in total. The van der Waals surface area contributed by atoms with Gasteiger partial charge >= 0.3 is 0 Å². The van der Waals surface area contributed by atoms with E-state index < -0.39 is 0 Å². The number of ether oxygens (including phenoxy) is 1. The van der Waals surface area contributed by atoms with E-state index >= 15 is 0 Å². The van der Waals surface area contributed by atoms with Crippen molar-refractivity contribution in [2.24, 2.45) is 5.73 Å². The number of pyridine rings is 1. The Bertz CT molecular complexity index is 718. The molecule has 0 saturated carbocycles. The molecule has 0 saturated heterocycles. The van der Waals surface area contributed by atoms with Crippen LogP contribution < -0.4 is 10.5 Å². The zero-order valence-corrected chi connectivity index (χ0v) is 10.7. The molecule has 0 fully saturated rings. The number of aromatic nitrogens is 2. The molecule has 0 atom stereocenters. The second-order valence-electron chi connectivity index (χ2n) is 4.28. The second kappa shape index (κ2) is 4.74. The molecule has 4 heteroatoms. The largest absolute Gasteiger partial charge is 0.497 e. The fourth-order valence-electron chi connectivity index (χ4n) is 2.26. The smallest absolute Gasteiger partial charge is 0.127 e. The van der Waals surface area contributed by atoms with E-state index in [-0.39, 0.29) is 0 Å². The topological polar surface area (TPSA) is 52.5 Å². The van der Waals surface area contributed by atoms with Crippen LogP contribution in [0.5, 0.6) is 5.75 Å². The monoisotopic (exact) mass is 253 g/mol. The van der Waals surface area contributed by atoms with E-state index in [1.54, 1.807) is 7.11 Å². The van der Waals surface area contributed by atoms with Gasteiger partial charge in [-0.2, -0.15) is 0 Å². The summed E-state index contributed by atoms with van der Waals surface area (Å²) in [6, 6.07) is 14.1. The number of nitrogens with zero attached hydrogens (tertiary/aromatic N) is 2. The van der Waals surface area contributed by atoms with Gasteiger partial charge < -0.3 is 10.5 Å². The molecule has 0 amide bonds. The number of fused-ring (bicyclic) bond motifs is 1. The van der Waals surface area contributed by atoms with E-state index in [0.29, 0.717) is 6.54 Å². The van der Waals surface area contributed by atoms with Crippen molar-refractivity contribution in [3.63, 3.8) is 0 Å². The Morgan fingerprint density at radius 1 is 1.21 bits per heavy atom. The van der Waals surface area contributed by atoms with Crippen molar-refractivity contribution in [3.8, 4) is 17.0 Å². The van der Waals surface area contributed by atoms with Crippen LogP contribution in [-0.4, -0.2) is 16.5 Å². The van der Waals surface area contributed by atoms with Crippen LogP contribution in [0.15, 0.2) is 48.7 Å². The van der Waals surface area contributed by atoms with Crippen LogP contribution in [0.2, 0.25) is 0 Å². The first-order valence-electron chi connectivity index (χ1n) is 6.13. The normalized spacial score (nSPS) is 10.8. The third-order valence-corrected chi connectivity index (χ3v) is 3.17. The van der Waals surface area contributed by atoms with E-state index in [2.05, 4.69) is 21.5 Å². The fraction of sp³-hybridized carbons (Fsp3) is 0.133. The van der Waals surface area contributed by atoms with Gasteiger partial charge in [-0.15, -0.1) is 0 Å². The summed E-state index contributed by atoms with van der Waals surface area (Å²) in [6.45, 7) is 0.412. The van der Waals surface area contributed by atoms with Crippen LogP contribution >= 0.6 is 0 Å². The number of imidazole rings is 1. The molecular formula is C15H15N3O. The van der Waals surface area contributed by atoms with Gasteiger partial charge in [0.05, 0.1) is 31.1 Å². The maximum absolute atomic E-state index is 5.76. The van der Waals surface area contributed by atoms with Crippen LogP contribution in [-0.2, 0) is 6.54 Å². The summed E-state index contributed by atoms with van der Waals surface area (Å²) in [4.78, 5) is 4.35. The minimum atomic E-state index is 0.412. The predicted octanol–water partition coefficient (Wildman–Crippen LogP) is 2.47. The summed E-state index contributed by atoms with van der Waals surface area (Å²) in [5.41, 5.74) is 8.94. The van der Waals surface area contributed by atoms with Crippen molar-refractivity contribution in [1.29, 1.82) is 0 Å². The molecule has 4 nitrogen and oxygen atoms in total. The summed E-state index contributed by atoms with van der Waals surface area (Å²) >= 11 is 0. The Balaban J connectivity index is 2.26. The van der Waals surface area contributed by atoms with Crippen LogP contribution in [0.25, 0.3) is 16.8 Å². The van der Waals surface area contributed by atoms with E-state index in [9.17, 15) is 0 Å². The van der Waals surface area contributed by atoms with Crippen LogP contribution in [0, 0.1) is 0 Å². The van der Waals surface area contributed by atoms with E-state index in [1.807, 2.05) is 36.5 Å². The maximum Gasteiger partial charge on any atom is 0.127 e. The average Bonchev–Trinajstić information content (AvgIpc) is 2.90. The SMILES string of the molecule is COc1cccc(-c2cccc3cnc(CN)n23)c1. The van der Waals surface area contributed by atoms with Gasteiger partial charge in [-0.05, 0) is 24.3 Å². The van der Waals surface area contributed by atoms with Crippen LogP contribution in [0.4, 0.5) is 0 Å². The molecule has 0 unspecified atom stereocenters. The zero-order chi connectivity index (χ0) is 13.2. The molecule has 3 aromatic rings. The molecular weight excluding hydrogens is 238 g/mol. The van der Waals surface area contributed by atoms with Gasteiger partial charge in [0.25, 0.3) is 0 Å². The molecule has 0 aliphatic heterocycles. The lowest BCUT2D eigenvalue weighted by Crippen LogP contribution is -2.04. The van der Waals surface area contributed by atoms with Crippen molar-refractivity contribution in [1.82, 2.24) is 9.38 Å². The van der Waals surface area contributed by atoms with Gasteiger partial charge in [-0.3, -0.25) is 4.40 Å². The molecule has 96 valence electrons. The highest BCUT2D eigenvalue weighted by molar-refractivity contribution is 5.66. The first kappa shape index (κ1) is 11.7. The molecule has 1 aromatic carbocycles. The molecule has 3 rings (SSSR count). The average molecular weight is 253 g/mol. The minimum absolute atomic E-state index is 0.412. The third kappa shape index (κ3) is 1.96. The lowest BCUT2D eigenvalue weighted by molar-refractivity contribution is 0.415. The van der Waals surface area contributed by atoms with E-state index in [0.717, 1.165) is 28.3 Å². The van der Waals surface area contributed by atoms with Gasteiger partial charge in [-0.25, -0.2) is 4.98 Å². The second-order valence-corrected chi connectivity index (χ2v) is 4.28. The molecule has 0 aliphatic carbocycles. The third-order valence-electron chi connectivity index (χ3n) is 3.17. The molecule has 0 bridgehead atoms. The van der Waals surface area contributed by atoms with Crippen molar-refractivity contribution in [3.05, 3.63) is 54.5 Å². The highest BCUT2D eigenvalue weighted by atomic mass is 16.5. The molecule has 0 aliphatic rings. The molecule has 0 spiro atoms. The van der Waals surface area contributed by atoms with Crippen molar-refractivity contribution < 1.29 is 4.74 Å². The van der Waals surface area contributed by atoms with Gasteiger partial charge in [0.2, 0.25) is 0 Å². The van der Waals surface area contributed by atoms with Gasteiger partial charge in [0, 0.05) is 5.56 Å². The highest BCUT2D eigenvalue weighted by Crippen LogP contribution is 2.25. The van der Waals surface area contributed by atoms with Gasteiger partial charge in [0.15, 0.2) is 0 Å². The van der Waals surface area contributed by atoms with Crippen molar-refractivity contribution in [2.75, 3.05) is 7.11 Å². The first-order valence-corrected chi connectivity index (χ1v) is 6.13. The first-order chi connectivity index (χ1) is 9.33. The maximum atomic E-state index is 5.76. The highest BCUT2D eigenvalue weighted by Gasteiger charge is 2.08. The Hall–Kier alpha value is -2.33. The van der Waals surface area contributed by atoms with Crippen LogP contribution in [0.1, 0.15) is 5.82 Å². The zero-order valence-electron chi connectivity index (χ0n) is 10.7. The van der Waals surface area contributed by atoms with Crippen LogP contribution in [0.3, 0.4) is 0 Å². The predicted molar refractivity (Wildman–Crippen MR) is 75.1 cm³/mol.